The second kappa shape index (κ2) is 4.93. The Labute approximate surface area is 95.5 Å². The molecule has 0 bridgehead atoms. The van der Waals surface area contributed by atoms with Crippen molar-refractivity contribution >= 4 is 5.91 Å². The largest absolute Gasteiger partial charge is 0.394 e. The summed E-state index contributed by atoms with van der Waals surface area (Å²) >= 11 is 0. The van der Waals surface area contributed by atoms with E-state index in [-0.39, 0.29) is 5.56 Å². The van der Waals surface area contributed by atoms with E-state index in [2.05, 4.69) is 0 Å². The molecule has 0 saturated heterocycles. The number of amides is 1. The van der Waals surface area contributed by atoms with Gasteiger partial charge in [-0.25, -0.2) is 4.79 Å². The minimum atomic E-state index is -0.978. The summed E-state index contributed by atoms with van der Waals surface area (Å²) in [6.07, 6.45) is 0.949. The van der Waals surface area contributed by atoms with Gasteiger partial charge in [-0.1, -0.05) is 0 Å². The van der Waals surface area contributed by atoms with Crippen molar-refractivity contribution in [2.45, 2.75) is 6.04 Å². The zero-order valence-corrected chi connectivity index (χ0v) is 9.16. The van der Waals surface area contributed by atoms with Gasteiger partial charge in [0.15, 0.2) is 0 Å². The van der Waals surface area contributed by atoms with Crippen LogP contribution in [-0.2, 0) is 7.05 Å². The average Bonchev–Trinajstić information content (AvgIpc) is 2.30. The minimum absolute atomic E-state index is 0.376. The maximum Gasteiger partial charge on any atom is 0.331 e. The topological polar surface area (TPSA) is 128 Å². The van der Waals surface area contributed by atoms with Gasteiger partial charge in [0.1, 0.15) is 5.56 Å². The lowest BCUT2D eigenvalue weighted by atomic mass is 10.2. The van der Waals surface area contributed by atoms with Gasteiger partial charge in [0.2, 0.25) is 0 Å². The number of nitrogens with two attached hydrogens (primary N) is 1. The molecule has 4 N–H and O–H groups in total. The summed E-state index contributed by atoms with van der Waals surface area (Å²) in [4.78, 5) is 34.2. The van der Waals surface area contributed by atoms with Crippen LogP contribution in [0.2, 0.25) is 0 Å². The zero-order chi connectivity index (χ0) is 13.2. The molecular weight excluding hydrogens is 230 g/mol. The average molecular weight is 243 g/mol. The number of aliphatic hydroxyl groups excluding tert-OH is 2. The van der Waals surface area contributed by atoms with Crippen molar-refractivity contribution in [1.29, 1.82) is 0 Å². The molecule has 0 fully saturated rings. The first-order valence-electron chi connectivity index (χ1n) is 4.77. The van der Waals surface area contributed by atoms with Gasteiger partial charge in [-0.3, -0.25) is 18.7 Å². The van der Waals surface area contributed by atoms with Gasteiger partial charge in [-0.15, -0.1) is 0 Å². The number of nitrogens with zero attached hydrogens (tertiary/aromatic N) is 2. The maximum atomic E-state index is 11.7. The van der Waals surface area contributed by atoms with Crippen LogP contribution in [0.3, 0.4) is 0 Å². The van der Waals surface area contributed by atoms with Crippen LogP contribution in [0.1, 0.15) is 16.4 Å². The summed E-state index contributed by atoms with van der Waals surface area (Å²) in [5.74, 6) is -0.978. The van der Waals surface area contributed by atoms with Crippen LogP contribution in [0.25, 0.3) is 0 Å². The lowest BCUT2D eigenvalue weighted by Crippen LogP contribution is -2.44. The Kier molecular flexibility index (Phi) is 3.81. The second-order valence-electron chi connectivity index (χ2n) is 3.48. The molecule has 8 heteroatoms. The molecule has 8 nitrogen and oxygen atoms in total. The first-order chi connectivity index (χ1) is 7.93. The van der Waals surface area contributed by atoms with E-state index in [4.69, 9.17) is 15.9 Å². The smallest absolute Gasteiger partial charge is 0.331 e. The van der Waals surface area contributed by atoms with Gasteiger partial charge >= 0.3 is 5.69 Å². The Bertz CT molecular complexity index is 541. The number of carbonyl (C=O) groups is 1. The first-order valence-corrected chi connectivity index (χ1v) is 4.77. The fraction of sp³-hybridized carbons (Fsp3) is 0.444. The Morgan fingerprint density at radius 1 is 1.41 bits per heavy atom. The van der Waals surface area contributed by atoms with Crippen LogP contribution >= 0.6 is 0 Å². The third-order valence-electron chi connectivity index (χ3n) is 2.39. The molecule has 0 unspecified atom stereocenters. The Morgan fingerprint density at radius 3 is 2.35 bits per heavy atom. The van der Waals surface area contributed by atoms with Crippen LogP contribution < -0.4 is 17.0 Å². The van der Waals surface area contributed by atoms with Crippen molar-refractivity contribution in [2.75, 3.05) is 13.2 Å². The molecule has 17 heavy (non-hydrogen) atoms. The van der Waals surface area contributed by atoms with Crippen molar-refractivity contribution < 1.29 is 15.0 Å². The lowest BCUT2D eigenvalue weighted by molar-refractivity contribution is 0.0994. The van der Waals surface area contributed by atoms with E-state index in [0.29, 0.717) is 4.57 Å². The molecule has 0 aromatic carbocycles. The summed E-state index contributed by atoms with van der Waals surface area (Å²) < 4.78 is 1.60. The van der Waals surface area contributed by atoms with Crippen LogP contribution in [-0.4, -0.2) is 38.5 Å². The lowest BCUT2D eigenvalue weighted by Gasteiger charge is -2.16. The highest BCUT2D eigenvalue weighted by molar-refractivity contribution is 5.92. The minimum Gasteiger partial charge on any atom is -0.394 e. The summed E-state index contributed by atoms with van der Waals surface area (Å²) in [5.41, 5.74) is 3.06. The summed E-state index contributed by atoms with van der Waals surface area (Å²) in [5, 5.41) is 17.9. The number of aromatic nitrogens is 2. The standard InChI is InChI=1S/C9H13N3O5/c1-11-8(16)6(7(10)15)2-12(9(11)17)5(3-13)4-14/h2,5,13-14H,3-4H2,1H3,(H2,10,15). The van der Waals surface area contributed by atoms with E-state index in [1.54, 1.807) is 0 Å². The molecule has 0 spiro atoms. The molecule has 1 heterocycles. The highest BCUT2D eigenvalue weighted by Gasteiger charge is 2.17. The van der Waals surface area contributed by atoms with E-state index < -0.39 is 36.4 Å². The molecule has 0 aliphatic rings. The number of aliphatic hydroxyl groups is 2. The monoisotopic (exact) mass is 243 g/mol. The van der Waals surface area contributed by atoms with Crippen molar-refractivity contribution in [3.05, 3.63) is 32.6 Å². The molecule has 0 aliphatic heterocycles. The van der Waals surface area contributed by atoms with Crippen molar-refractivity contribution in [2.24, 2.45) is 12.8 Å². The summed E-state index contributed by atoms with van der Waals surface area (Å²) in [6, 6.07) is -0.924. The van der Waals surface area contributed by atoms with Gasteiger partial charge in [0.05, 0.1) is 19.3 Å². The highest BCUT2D eigenvalue weighted by atomic mass is 16.3. The van der Waals surface area contributed by atoms with Crippen molar-refractivity contribution in [1.82, 2.24) is 9.13 Å². The molecule has 1 aromatic rings. The zero-order valence-electron chi connectivity index (χ0n) is 9.16. The number of hydrogen-bond acceptors (Lipinski definition) is 5. The predicted octanol–water partition coefficient (Wildman–Crippen LogP) is -2.83. The van der Waals surface area contributed by atoms with Gasteiger partial charge < -0.3 is 15.9 Å². The molecule has 0 atom stereocenters. The fourth-order valence-electron chi connectivity index (χ4n) is 1.35. The molecule has 0 radical (unpaired) electrons. The molecular formula is C9H13N3O5. The Balaban J connectivity index is 3.58. The highest BCUT2D eigenvalue weighted by Crippen LogP contribution is 2.00. The number of carbonyl (C=O) groups excluding carboxylic acids is 1. The number of primary amides is 1. The molecule has 1 aromatic heterocycles. The number of rotatable bonds is 4. The van der Waals surface area contributed by atoms with E-state index in [1.165, 1.54) is 7.05 Å². The van der Waals surface area contributed by atoms with Gasteiger partial charge in [-0.2, -0.15) is 0 Å². The Morgan fingerprint density at radius 2 is 1.94 bits per heavy atom. The molecule has 1 amide bonds. The van der Waals surface area contributed by atoms with Crippen LogP contribution in [0.4, 0.5) is 0 Å². The quantitative estimate of drug-likeness (QED) is 0.525. The van der Waals surface area contributed by atoms with Crippen molar-refractivity contribution in [3.63, 3.8) is 0 Å². The van der Waals surface area contributed by atoms with Gasteiger partial charge in [-0.05, 0) is 0 Å². The summed E-state index contributed by atoms with van der Waals surface area (Å²) in [7, 11) is 1.18. The van der Waals surface area contributed by atoms with E-state index in [0.717, 1.165) is 10.8 Å². The van der Waals surface area contributed by atoms with E-state index >= 15 is 0 Å². The Hall–Kier alpha value is -1.93. The van der Waals surface area contributed by atoms with E-state index in [1.807, 2.05) is 0 Å². The third-order valence-corrected chi connectivity index (χ3v) is 2.39. The molecule has 0 saturated carbocycles. The van der Waals surface area contributed by atoms with Crippen molar-refractivity contribution in [3.8, 4) is 0 Å². The third kappa shape index (κ3) is 2.27. The van der Waals surface area contributed by atoms with Crippen LogP contribution in [0.15, 0.2) is 15.8 Å². The SMILES string of the molecule is Cn1c(=O)c(C(N)=O)cn(C(CO)CO)c1=O. The predicted molar refractivity (Wildman–Crippen MR) is 57.7 cm³/mol. The fourth-order valence-corrected chi connectivity index (χ4v) is 1.35. The second-order valence-corrected chi connectivity index (χ2v) is 3.48. The van der Waals surface area contributed by atoms with Crippen LogP contribution in [0.5, 0.6) is 0 Å². The molecule has 94 valence electrons. The maximum absolute atomic E-state index is 11.7. The number of hydrogen-bond donors (Lipinski definition) is 3. The summed E-state index contributed by atoms with van der Waals surface area (Å²) in [6.45, 7) is -1.01. The van der Waals surface area contributed by atoms with Crippen LogP contribution in [0, 0.1) is 0 Å². The normalized spacial score (nSPS) is 10.8. The van der Waals surface area contributed by atoms with E-state index in [9.17, 15) is 14.4 Å². The molecule has 0 aliphatic carbocycles. The molecule has 1 rings (SSSR count). The van der Waals surface area contributed by atoms with Gasteiger partial charge in [0.25, 0.3) is 11.5 Å². The first kappa shape index (κ1) is 13.1. The van der Waals surface area contributed by atoms with Gasteiger partial charge in [0, 0.05) is 13.2 Å².